The lowest BCUT2D eigenvalue weighted by molar-refractivity contribution is -0.137. The van der Waals surface area contributed by atoms with Crippen LogP contribution in [-0.2, 0) is 14.3 Å². The summed E-state index contributed by atoms with van der Waals surface area (Å²) in [5.74, 6) is -3.21. The third-order valence-electron chi connectivity index (χ3n) is 7.98. The molecule has 1 aromatic rings. The molecule has 1 saturated heterocycles. The maximum atomic E-state index is 14.3. The van der Waals surface area contributed by atoms with Crippen LogP contribution in [0.4, 0.5) is 18.4 Å². The molecule has 0 saturated carbocycles. The van der Waals surface area contributed by atoms with E-state index >= 15 is 0 Å². The van der Waals surface area contributed by atoms with Crippen molar-refractivity contribution in [3.63, 3.8) is 0 Å². The van der Waals surface area contributed by atoms with E-state index in [2.05, 4.69) is 33.4 Å². The number of nitriles is 1. The molecule has 1 fully saturated rings. The maximum Gasteiger partial charge on any atom is 0.338 e. The molecule has 0 spiro atoms. The fraction of sp³-hybridized carbons (Fsp3) is 0.467. The van der Waals surface area contributed by atoms with Gasteiger partial charge in [-0.05, 0) is 50.4 Å². The van der Waals surface area contributed by atoms with E-state index in [9.17, 15) is 28.4 Å². The Morgan fingerprint density at radius 1 is 1.23 bits per heavy atom. The van der Waals surface area contributed by atoms with Crippen LogP contribution >= 0.6 is 0 Å². The molecular weight excluding hydrogens is 562 g/mol. The van der Waals surface area contributed by atoms with Crippen LogP contribution in [0.1, 0.15) is 37.8 Å². The third kappa shape index (κ3) is 6.93. The highest BCUT2D eigenvalue weighted by Gasteiger charge is 2.43. The number of halogens is 2. The number of carbonyl (C=O) groups is 3. The van der Waals surface area contributed by atoms with Crippen LogP contribution in [0.15, 0.2) is 53.3 Å². The number of imide groups is 1. The zero-order valence-corrected chi connectivity index (χ0v) is 24.3. The number of urea groups is 2. The largest absolute Gasteiger partial charge is 0.466 e. The van der Waals surface area contributed by atoms with Crippen molar-refractivity contribution in [2.24, 2.45) is 5.41 Å². The number of esters is 1. The van der Waals surface area contributed by atoms with Crippen molar-refractivity contribution in [1.82, 2.24) is 26.2 Å². The molecule has 4 unspecified atom stereocenters. The second kappa shape index (κ2) is 13.9. The molecule has 0 aromatic heterocycles. The summed E-state index contributed by atoms with van der Waals surface area (Å²) in [7, 11) is 2.47. The highest BCUT2D eigenvalue weighted by atomic mass is 19.2. The summed E-state index contributed by atoms with van der Waals surface area (Å²) >= 11 is 0. The third-order valence-corrected chi connectivity index (χ3v) is 7.98. The van der Waals surface area contributed by atoms with E-state index in [4.69, 9.17) is 9.47 Å². The van der Waals surface area contributed by atoms with Crippen molar-refractivity contribution < 1.29 is 32.6 Å². The van der Waals surface area contributed by atoms with Gasteiger partial charge < -0.3 is 30.7 Å². The van der Waals surface area contributed by atoms with Crippen molar-refractivity contribution in [3.05, 3.63) is 70.5 Å². The van der Waals surface area contributed by atoms with E-state index in [0.29, 0.717) is 19.4 Å². The monoisotopic (exact) mass is 598 g/mol. The van der Waals surface area contributed by atoms with Crippen molar-refractivity contribution in [2.45, 2.75) is 44.3 Å². The molecule has 4 atom stereocenters. The number of allylic oxidation sites excluding steroid dienone is 3. The Hall–Kier alpha value is -4.12. The number of piperidine rings is 1. The molecule has 0 bridgehead atoms. The highest BCUT2D eigenvalue weighted by molar-refractivity contribution is 6.01. The molecule has 0 radical (unpaired) electrons. The van der Waals surface area contributed by atoms with Gasteiger partial charge in [0.15, 0.2) is 11.6 Å². The van der Waals surface area contributed by atoms with Gasteiger partial charge in [0.25, 0.3) is 0 Å². The fourth-order valence-corrected chi connectivity index (χ4v) is 5.67. The summed E-state index contributed by atoms with van der Waals surface area (Å²) in [5, 5.41) is 22.0. The van der Waals surface area contributed by atoms with Gasteiger partial charge in [-0.1, -0.05) is 29.9 Å². The van der Waals surface area contributed by atoms with E-state index in [0.717, 1.165) is 42.7 Å². The summed E-state index contributed by atoms with van der Waals surface area (Å²) in [6, 6.07) is 2.26. The van der Waals surface area contributed by atoms with Gasteiger partial charge in [-0.3, -0.25) is 0 Å². The Kier molecular flexibility index (Phi) is 10.3. The molecule has 2 heterocycles. The van der Waals surface area contributed by atoms with E-state index in [1.165, 1.54) is 13.2 Å². The SMILES string of the molecule is COCC1=C(C(=O)OC)C(c2ccc(F)c(F)c2)N(C(=O)NCCNC2CCNC(C3(C#N)C=CC(C)=CC3)C2)C(=O)N1. The molecule has 3 aliphatic rings. The summed E-state index contributed by atoms with van der Waals surface area (Å²) in [4.78, 5) is 40.1. The van der Waals surface area contributed by atoms with E-state index in [-0.39, 0.29) is 42.1 Å². The van der Waals surface area contributed by atoms with E-state index < -0.39 is 41.1 Å². The quantitative estimate of drug-likeness (QED) is 0.251. The molecule has 13 heteroatoms. The lowest BCUT2D eigenvalue weighted by Gasteiger charge is -2.40. The number of carbonyl (C=O) groups excluding carboxylic acids is 3. The standard InChI is InChI=1S/C30H36F2N6O5/c1-18-6-9-30(17-33,10-7-18)24-15-20(8-11-35-24)34-12-13-36-28(40)38-26(19-4-5-21(31)22(32)14-19)25(27(39)43-3)23(16-42-2)37-29(38)41/h4-7,9,14,20,24,26,34-35H,8,10-13,15-16H2,1-3H3,(H,36,40)(H,37,41). The second-order valence-electron chi connectivity index (χ2n) is 10.7. The molecular formula is C30H36F2N6O5. The van der Waals surface area contributed by atoms with Crippen LogP contribution in [0.5, 0.6) is 0 Å². The predicted molar refractivity (Wildman–Crippen MR) is 152 cm³/mol. The minimum atomic E-state index is -1.41. The highest BCUT2D eigenvalue weighted by Crippen LogP contribution is 2.37. The first-order valence-electron chi connectivity index (χ1n) is 14.0. The molecule has 4 rings (SSSR count). The number of nitrogens with one attached hydrogen (secondary N) is 4. The zero-order chi connectivity index (χ0) is 31.1. The van der Waals surface area contributed by atoms with E-state index in [1.807, 2.05) is 19.1 Å². The second-order valence-corrected chi connectivity index (χ2v) is 10.7. The van der Waals surface area contributed by atoms with Crippen molar-refractivity contribution in [1.29, 1.82) is 5.26 Å². The number of amides is 4. The summed E-state index contributed by atoms with van der Waals surface area (Å²) in [5.41, 5.74) is 0.373. The van der Waals surface area contributed by atoms with Gasteiger partial charge in [0.2, 0.25) is 0 Å². The minimum Gasteiger partial charge on any atom is -0.466 e. The molecule has 4 amide bonds. The average Bonchev–Trinajstić information content (AvgIpc) is 3.01. The summed E-state index contributed by atoms with van der Waals surface area (Å²) in [6.45, 7) is 3.01. The Bertz CT molecular complexity index is 1390. The first kappa shape index (κ1) is 31.8. The van der Waals surface area contributed by atoms with Gasteiger partial charge in [-0.15, -0.1) is 0 Å². The molecule has 43 heavy (non-hydrogen) atoms. The number of ether oxygens (including phenoxy) is 2. The Morgan fingerprint density at radius 3 is 2.67 bits per heavy atom. The minimum absolute atomic E-state index is 0.00926. The first-order valence-corrected chi connectivity index (χ1v) is 14.0. The smallest absolute Gasteiger partial charge is 0.338 e. The number of benzene rings is 1. The number of methoxy groups -OCH3 is 2. The zero-order valence-electron chi connectivity index (χ0n) is 24.3. The van der Waals surface area contributed by atoms with Crippen LogP contribution in [0, 0.1) is 28.4 Å². The van der Waals surface area contributed by atoms with Gasteiger partial charge >= 0.3 is 18.0 Å². The lowest BCUT2D eigenvalue weighted by atomic mass is 9.72. The topological polar surface area (TPSA) is 145 Å². The predicted octanol–water partition coefficient (Wildman–Crippen LogP) is 2.94. The van der Waals surface area contributed by atoms with Gasteiger partial charge in [0.1, 0.15) is 6.04 Å². The Labute approximate surface area is 248 Å². The molecule has 11 nitrogen and oxygen atoms in total. The average molecular weight is 599 g/mol. The van der Waals surface area contributed by atoms with Gasteiger partial charge in [0, 0.05) is 32.3 Å². The van der Waals surface area contributed by atoms with Crippen LogP contribution in [-0.4, -0.2) is 75.5 Å². The first-order chi connectivity index (χ1) is 20.6. The molecule has 1 aromatic carbocycles. The maximum absolute atomic E-state index is 14.3. The van der Waals surface area contributed by atoms with Crippen molar-refractivity contribution >= 4 is 18.0 Å². The van der Waals surface area contributed by atoms with Crippen LogP contribution in [0.2, 0.25) is 0 Å². The summed E-state index contributed by atoms with van der Waals surface area (Å²) in [6.07, 6.45) is 8.20. The summed E-state index contributed by atoms with van der Waals surface area (Å²) < 4.78 is 38.0. The fourth-order valence-electron chi connectivity index (χ4n) is 5.67. The molecule has 230 valence electrons. The molecule has 2 aliphatic heterocycles. The normalized spacial score (nSPS) is 25.5. The Balaban J connectivity index is 1.45. The number of rotatable bonds is 9. The van der Waals surface area contributed by atoms with Crippen molar-refractivity contribution in [3.8, 4) is 6.07 Å². The molecule has 4 N–H and O–H groups in total. The number of nitrogens with zero attached hydrogens (tertiary/aromatic N) is 2. The molecule has 1 aliphatic carbocycles. The van der Waals surface area contributed by atoms with Crippen molar-refractivity contribution in [2.75, 3.05) is 40.5 Å². The number of hydrogen-bond donors (Lipinski definition) is 4. The van der Waals surface area contributed by atoms with E-state index in [1.54, 1.807) is 0 Å². The van der Waals surface area contributed by atoms with Crippen LogP contribution in [0.3, 0.4) is 0 Å². The van der Waals surface area contributed by atoms with Crippen LogP contribution < -0.4 is 21.3 Å². The van der Waals surface area contributed by atoms with Gasteiger partial charge in [-0.25, -0.2) is 28.1 Å². The van der Waals surface area contributed by atoms with Gasteiger partial charge in [0.05, 0.1) is 36.5 Å². The lowest BCUT2D eigenvalue weighted by Crippen LogP contribution is -2.56. The van der Waals surface area contributed by atoms with Gasteiger partial charge in [-0.2, -0.15) is 5.26 Å². The van der Waals surface area contributed by atoms with Crippen LogP contribution in [0.25, 0.3) is 0 Å². The Morgan fingerprint density at radius 2 is 2.02 bits per heavy atom. The number of hydrogen-bond acceptors (Lipinski definition) is 8.